The zero-order valence-electron chi connectivity index (χ0n) is 8.40. The zero-order valence-corrected chi connectivity index (χ0v) is 9.21. The van der Waals surface area contributed by atoms with Crippen LogP contribution in [0.25, 0.3) is 0 Å². The first-order valence-corrected chi connectivity index (χ1v) is 5.98. The predicted octanol–water partition coefficient (Wildman–Crippen LogP) is -0.0115. The molecule has 0 bridgehead atoms. The maximum absolute atomic E-state index is 11.0. The van der Waals surface area contributed by atoms with Gasteiger partial charge in [0.2, 0.25) is 0 Å². The molecule has 1 aromatic rings. The molecule has 1 rings (SSSR count). The SMILES string of the molecule is CNS(=O)(=O)NCCc1ccccc1O. The van der Waals surface area contributed by atoms with E-state index in [2.05, 4.69) is 9.44 Å². The molecule has 0 heterocycles. The largest absolute Gasteiger partial charge is 0.508 e. The van der Waals surface area contributed by atoms with E-state index in [0.717, 1.165) is 5.56 Å². The molecule has 5 nitrogen and oxygen atoms in total. The van der Waals surface area contributed by atoms with E-state index in [1.165, 1.54) is 7.05 Å². The predicted molar refractivity (Wildman–Crippen MR) is 57.8 cm³/mol. The van der Waals surface area contributed by atoms with Crippen molar-refractivity contribution in [2.45, 2.75) is 6.42 Å². The first kappa shape index (κ1) is 12.0. The average molecular weight is 230 g/mol. The van der Waals surface area contributed by atoms with Gasteiger partial charge in [0.1, 0.15) is 5.75 Å². The van der Waals surface area contributed by atoms with Gasteiger partial charge in [0, 0.05) is 13.6 Å². The van der Waals surface area contributed by atoms with Gasteiger partial charge in [-0.2, -0.15) is 8.42 Å². The highest BCUT2D eigenvalue weighted by atomic mass is 32.2. The molecule has 84 valence electrons. The summed E-state index contributed by atoms with van der Waals surface area (Å²) >= 11 is 0. The van der Waals surface area contributed by atoms with Gasteiger partial charge in [0.05, 0.1) is 0 Å². The minimum Gasteiger partial charge on any atom is -0.508 e. The molecule has 0 atom stereocenters. The molecule has 0 saturated carbocycles. The van der Waals surface area contributed by atoms with Crippen molar-refractivity contribution in [3.63, 3.8) is 0 Å². The molecular weight excluding hydrogens is 216 g/mol. The van der Waals surface area contributed by atoms with Crippen LogP contribution < -0.4 is 9.44 Å². The van der Waals surface area contributed by atoms with Crippen LogP contribution in [0.3, 0.4) is 0 Å². The van der Waals surface area contributed by atoms with Crippen LogP contribution in [0.1, 0.15) is 5.56 Å². The molecule has 15 heavy (non-hydrogen) atoms. The van der Waals surface area contributed by atoms with Gasteiger partial charge in [0.15, 0.2) is 0 Å². The fourth-order valence-electron chi connectivity index (χ4n) is 1.11. The highest BCUT2D eigenvalue weighted by molar-refractivity contribution is 7.87. The third-order valence-corrected chi connectivity index (χ3v) is 3.07. The summed E-state index contributed by atoms with van der Waals surface area (Å²) in [6.07, 6.45) is 0.452. The lowest BCUT2D eigenvalue weighted by atomic mass is 10.1. The second-order valence-corrected chi connectivity index (χ2v) is 4.68. The molecular formula is C9H14N2O3S. The average Bonchev–Trinajstić information content (AvgIpc) is 2.21. The molecule has 0 aliphatic carbocycles. The summed E-state index contributed by atoms with van der Waals surface area (Å²) in [7, 11) is -2.05. The van der Waals surface area contributed by atoms with E-state index in [1.54, 1.807) is 24.3 Å². The Labute approximate surface area is 89.3 Å². The minimum absolute atomic E-state index is 0.182. The fourth-order valence-corrected chi connectivity index (χ4v) is 1.63. The topological polar surface area (TPSA) is 78.4 Å². The number of phenols is 1. The van der Waals surface area contributed by atoms with Gasteiger partial charge in [-0.1, -0.05) is 18.2 Å². The standard InChI is InChI=1S/C9H14N2O3S/c1-10-15(13,14)11-7-6-8-4-2-3-5-9(8)12/h2-5,10-12H,6-7H2,1H3. The van der Waals surface area contributed by atoms with Gasteiger partial charge >= 0.3 is 0 Å². The van der Waals surface area contributed by atoms with Gasteiger partial charge in [0.25, 0.3) is 10.2 Å². The van der Waals surface area contributed by atoms with E-state index in [9.17, 15) is 13.5 Å². The van der Waals surface area contributed by atoms with E-state index >= 15 is 0 Å². The molecule has 0 aliphatic heterocycles. The van der Waals surface area contributed by atoms with Crippen molar-refractivity contribution in [2.24, 2.45) is 0 Å². The van der Waals surface area contributed by atoms with Gasteiger partial charge < -0.3 is 5.11 Å². The Balaban J connectivity index is 2.49. The lowest BCUT2D eigenvalue weighted by Crippen LogP contribution is -2.35. The molecule has 0 unspecified atom stereocenters. The Morgan fingerprint density at radius 2 is 2.00 bits per heavy atom. The lowest BCUT2D eigenvalue weighted by molar-refractivity contribution is 0.467. The highest BCUT2D eigenvalue weighted by Crippen LogP contribution is 2.15. The molecule has 3 N–H and O–H groups in total. The van der Waals surface area contributed by atoms with E-state index in [-0.39, 0.29) is 12.3 Å². The molecule has 0 aliphatic rings. The number of phenolic OH excluding ortho intramolecular Hbond substituents is 1. The van der Waals surface area contributed by atoms with E-state index in [1.807, 2.05) is 0 Å². The smallest absolute Gasteiger partial charge is 0.276 e. The lowest BCUT2D eigenvalue weighted by Gasteiger charge is -2.06. The minimum atomic E-state index is -3.38. The first-order chi connectivity index (χ1) is 7.05. The van der Waals surface area contributed by atoms with Crippen molar-refractivity contribution < 1.29 is 13.5 Å². The van der Waals surface area contributed by atoms with Gasteiger partial charge in [-0.15, -0.1) is 0 Å². The van der Waals surface area contributed by atoms with E-state index < -0.39 is 10.2 Å². The molecule has 6 heteroatoms. The van der Waals surface area contributed by atoms with Gasteiger partial charge in [-0.3, -0.25) is 0 Å². The normalized spacial score (nSPS) is 11.5. The summed E-state index contributed by atoms with van der Waals surface area (Å²) in [5, 5.41) is 9.40. The number of para-hydroxylation sites is 1. The van der Waals surface area contributed by atoms with Crippen LogP contribution in [0, 0.1) is 0 Å². The number of benzene rings is 1. The van der Waals surface area contributed by atoms with E-state index in [0.29, 0.717) is 6.42 Å². The fraction of sp³-hybridized carbons (Fsp3) is 0.333. The first-order valence-electron chi connectivity index (χ1n) is 4.50. The number of hydrogen-bond donors (Lipinski definition) is 3. The highest BCUT2D eigenvalue weighted by Gasteiger charge is 2.05. The number of aromatic hydroxyl groups is 1. The van der Waals surface area contributed by atoms with Crippen molar-refractivity contribution in [3.05, 3.63) is 29.8 Å². The monoisotopic (exact) mass is 230 g/mol. The quantitative estimate of drug-likeness (QED) is 0.665. The molecule has 0 amide bonds. The molecule has 0 fully saturated rings. The van der Waals surface area contributed by atoms with Crippen LogP contribution in [0.4, 0.5) is 0 Å². The molecule has 1 aromatic carbocycles. The van der Waals surface area contributed by atoms with Crippen molar-refractivity contribution >= 4 is 10.2 Å². The van der Waals surface area contributed by atoms with Gasteiger partial charge in [-0.25, -0.2) is 9.44 Å². The van der Waals surface area contributed by atoms with Crippen molar-refractivity contribution in [1.82, 2.24) is 9.44 Å². The summed E-state index contributed by atoms with van der Waals surface area (Å²) in [5.41, 5.74) is 0.719. The number of rotatable bonds is 5. The maximum Gasteiger partial charge on any atom is 0.276 e. The second-order valence-electron chi connectivity index (χ2n) is 2.98. The third kappa shape index (κ3) is 3.86. The summed E-state index contributed by atoms with van der Waals surface area (Å²) in [4.78, 5) is 0. The van der Waals surface area contributed by atoms with Crippen LogP contribution in [0.5, 0.6) is 5.75 Å². The van der Waals surface area contributed by atoms with Gasteiger partial charge in [-0.05, 0) is 18.1 Å². The number of hydrogen-bond acceptors (Lipinski definition) is 3. The molecule has 0 radical (unpaired) electrons. The summed E-state index contributed by atoms with van der Waals surface area (Å²) in [5.74, 6) is 0.182. The second kappa shape index (κ2) is 5.11. The Bertz CT molecular complexity index is 417. The van der Waals surface area contributed by atoms with Crippen LogP contribution in [-0.2, 0) is 16.6 Å². The maximum atomic E-state index is 11.0. The van der Waals surface area contributed by atoms with Crippen molar-refractivity contribution in [2.75, 3.05) is 13.6 Å². The summed E-state index contributed by atoms with van der Waals surface area (Å²) in [6, 6.07) is 6.84. The van der Waals surface area contributed by atoms with Crippen molar-refractivity contribution in [3.8, 4) is 5.75 Å². The Kier molecular flexibility index (Phi) is 4.07. The zero-order chi connectivity index (χ0) is 11.3. The summed E-state index contributed by atoms with van der Waals surface area (Å²) in [6.45, 7) is 0.251. The van der Waals surface area contributed by atoms with Crippen LogP contribution >= 0.6 is 0 Å². The molecule has 0 spiro atoms. The number of nitrogens with one attached hydrogen (secondary N) is 2. The summed E-state index contributed by atoms with van der Waals surface area (Å²) < 4.78 is 26.5. The van der Waals surface area contributed by atoms with E-state index in [4.69, 9.17) is 0 Å². The van der Waals surface area contributed by atoms with Crippen LogP contribution in [0.2, 0.25) is 0 Å². The van der Waals surface area contributed by atoms with Crippen LogP contribution in [0.15, 0.2) is 24.3 Å². The van der Waals surface area contributed by atoms with Crippen molar-refractivity contribution in [1.29, 1.82) is 0 Å². The Morgan fingerprint density at radius 1 is 1.33 bits per heavy atom. The Hall–Kier alpha value is -1.11. The Morgan fingerprint density at radius 3 is 2.60 bits per heavy atom. The third-order valence-electron chi connectivity index (χ3n) is 1.95. The molecule has 0 aromatic heterocycles. The molecule has 0 saturated heterocycles. The van der Waals surface area contributed by atoms with Crippen LogP contribution in [-0.4, -0.2) is 27.1 Å².